The fraction of sp³-hybridized carbons (Fsp3) is 0.800. The van der Waals surface area contributed by atoms with Crippen molar-refractivity contribution in [2.75, 3.05) is 0 Å². The Hall–Kier alpha value is -0.860. The first-order valence-electron chi connectivity index (χ1n) is 4.83. The van der Waals surface area contributed by atoms with Gasteiger partial charge in [0.15, 0.2) is 0 Å². The van der Waals surface area contributed by atoms with Crippen LogP contribution in [0, 0.1) is 5.41 Å². The molecule has 0 aliphatic heterocycles. The van der Waals surface area contributed by atoms with Crippen molar-refractivity contribution in [2.24, 2.45) is 5.41 Å². The van der Waals surface area contributed by atoms with Crippen molar-refractivity contribution in [3.63, 3.8) is 0 Å². The van der Waals surface area contributed by atoms with Gasteiger partial charge in [0.1, 0.15) is 0 Å². The SMILES string of the molecule is CCC(C)(C)C.CCn1ccnn1. The average molecular weight is 183 g/mol. The largest absolute Gasteiger partial charge is 0.253 e. The summed E-state index contributed by atoms with van der Waals surface area (Å²) in [5.41, 5.74) is 0.542. The van der Waals surface area contributed by atoms with E-state index in [2.05, 4.69) is 38.0 Å². The van der Waals surface area contributed by atoms with Crippen LogP contribution in [0.5, 0.6) is 0 Å². The second-order valence-electron chi connectivity index (χ2n) is 4.17. The van der Waals surface area contributed by atoms with Crippen molar-refractivity contribution in [3.8, 4) is 0 Å². The molecule has 0 N–H and O–H groups in total. The lowest BCUT2D eigenvalue weighted by Gasteiger charge is -2.12. The summed E-state index contributed by atoms with van der Waals surface area (Å²) in [6, 6.07) is 0. The molecule has 0 atom stereocenters. The Morgan fingerprint density at radius 3 is 1.92 bits per heavy atom. The highest BCUT2D eigenvalue weighted by atomic mass is 15.4. The normalized spacial score (nSPS) is 10.5. The van der Waals surface area contributed by atoms with Crippen molar-refractivity contribution in [3.05, 3.63) is 12.4 Å². The van der Waals surface area contributed by atoms with E-state index >= 15 is 0 Å². The Balaban J connectivity index is 0.000000226. The summed E-state index contributed by atoms with van der Waals surface area (Å²) in [4.78, 5) is 0. The smallest absolute Gasteiger partial charge is 0.0692 e. The Morgan fingerprint density at radius 2 is 1.77 bits per heavy atom. The molecule has 0 aliphatic carbocycles. The minimum Gasteiger partial charge on any atom is -0.253 e. The van der Waals surface area contributed by atoms with E-state index in [0.29, 0.717) is 5.41 Å². The number of rotatable bonds is 1. The Morgan fingerprint density at radius 1 is 1.23 bits per heavy atom. The highest BCUT2D eigenvalue weighted by Crippen LogP contribution is 2.16. The van der Waals surface area contributed by atoms with E-state index in [1.807, 2.05) is 13.1 Å². The molecule has 0 bridgehead atoms. The number of aryl methyl sites for hydroxylation is 1. The van der Waals surface area contributed by atoms with E-state index in [9.17, 15) is 0 Å². The third kappa shape index (κ3) is 7.50. The topological polar surface area (TPSA) is 30.7 Å². The molecule has 0 amide bonds. The van der Waals surface area contributed by atoms with Crippen LogP contribution >= 0.6 is 0 Å². The maximum Gasteiger partial charge on any atom is 0.0692 e. The molecule has 3 nitrogen and oxygen atoms in total. The molecule has 0 saturated carbocycles. The van der Waals surface area contributed by atoms with Crippen molar-refractivity contribution >= 4 is 0 Å². The maximum absolute atomic E-state index is 3.70. The Labute approximate surface area is 81.2 Å². The third-order valence-electron chi connectivity index (χ3n) is 1.86. The first-order chi connectivity index (χ1) is 5.99. The fourth-order valence-corrected chi connectivity index (χ4v) is 0.401. The minimum absolute atomic E-state index is 0.542. The highest BCUT2D eigenvalue weighted by molar-refractivity contribution is 4.61. The van der Waals surface area contributed by atoms with Crippen LogP contribution in [0.3, 0.4) is 0 Å². The van der Waals surface area contributed by atoms with Crippen molar-refractivity contribution in [1.29, 1.82) is 0 Å². The monoisotopic (exact) mass is 183 g/mol. The second-order valence-corrected chi connectivity index (χ2v) is 4.17. The molecule has 76 valence electrons. The van der Waals surface area contributed by atoms with E-state index in [-0.39, 0.29) is 0 Å². The minimum atomic E-state index is 0.542. The van der Waals surface area contributed by atoms with Gasteiger partial charge in [0.05, 0.1) is 6.20 Å². The van der Waals surface area contributed by atoms with E-state index in [1.165, 1.54) is 6.42 Å². The molecule has 0 aromatic carbocycles. The van der Waals surface area contributed by atoms with Crippen molar-refractivity contribution < 1.29 is 0 Å². The van der Waals surface area contributed by atoms with Crippen LogP contribution in [0.2, 0.25) is 0 Å². The van der Waals surface area contributed by atoms with Gasteiger partial charge >= 0.3 is 0 Å². The van der Waals surface area contributed by atoms with Crippen LogP contribution in [-0.2, 0) is 6.54 Å². The first-order valence-corrected chi connectivity index (χ1v) is 4.83. The predicted octanol–water partition coefficient (Wildman–Crippen LogP) is 2.74. The Kier molecular flexibility index (Phi) is 5.35. The van der Waals surface area contributed by atoms with Gasteiger partial charge in [-0.25, -0.2) is 0 Å². The zero-order valence-electron chi connectivity index (χ0n) is 9.41. The molecule has 1 aromatic rings. The molecular weight excluding hydrogens is 162 g/mol. The van der Waals surface area contributed by atoms with Crippen molar-refractivity contribution in [1.82, 2.24) is 15.0 Å². The molecule has 0 radical (unpaired) electrons. The van der Waals surface area contributed by atoms with Crippen LogP contribution in [0.4, 0.5) is 0 Å². The van der Waals surface area contributed by atoms with Crippen LogP contribution in [0.25, 0.3) is 0 Å². The summed E-state index contributed by atoms with van der Waals surface area (Å²) in [6.45, 7) is 11.9. The van der Waals surface area contributed by atoms with Gasteiger partial charge in [-0.15, -0.1) is 5.10 Å². The quantitative estimate of drug-likeness (QED) is 0.670. The summed E-state index contributed by atoms with van der Waals surface area (Å²) < 4.78 is 1.76. The van der Waals surface area contributed by atoms with Gasteiger partial charge in [-0.1, -0.05) is 39.3 Å². The summed E-state index contributed by atoms with van der Waals surface area (Å²) >= 11 is 0. The van der Waals surface area contributed by atoms with Gasteiger partial charge in [0.25, 0.3) is 0 Å². The molecule has 1 heterocycles. The van der Waals surface area contributed by atoms with Gasteiger partial charge in [0.2, 0.25) is 0 Å². The van der Waals surface area contributed by atoms with E-state index in [0.717, 1.165) is 6.54 Å². The molecule has 3 heteroatoms. The van der Waals surface area contributed by atoms with E-state index < -0.39 is 0 Å². The molecular formula is C10H21N3. The number of hydrogen-bond acceptors (Lipinski definition) is 2. The van der Waals surface area contributed by atoms with Gasteiger partial charge in [-0.2, -0.15) is 0 Å². The van der Waals surface area contributed by atoms with Gasteiger partial charge in [-0.3, -0.25) is 4.68 Å². The van der Waals surface area contributed by atoms with Crippen LogP contribution in [-0.4, -0.2) is 15.0 Å². The summed E-state index contributed by atoms with van der Waals surface area (Å²) in [5, 5.41) is 7.31. The lowest BCUT2D eigenvalue weighted by atomic mass is 9.94. The van der Waals surface area contributed by atoms with Crippen molar-refractivity contribution in [2.45, 2.75) is 47.6 Å². The molecule has 0 unspecified atom stereocenters. The standard InChI is InChI=1S/C6H14.C4H7N3/c1-5-6(2,3)4;1-2-7-4-3-5-6-7/h5H2,1-4H3;3-4H,2H2,1H3. The van der Waals surface area contributed by atoms with Gasteiger partial charge in [-0.05, 0) is 12.3 Å². The van der Waals surface area contributed by atoms with E-state index in [1.54, 1.807) is 10.9 Å². The summed E-state index contributed by atoms with van der Waals surface area (Å²) in [6.07, 6.45) is 4.77. The van der Waals surface area contributed by atoms with Crippen LogP contribution < -0.4 is 0 Å². The van der Waals surface area contributed by atoms with Crippen LogP contribution in [0.1, 0.15) is 41.0 Å². The average Bonchev–Trinajstić information content (AvgIpc) is 2.56. The lowest BCUT2D eigenvalue weighted by molar-refractivity contribution is 0.398. The molecule has 1 aromatic heterocycles. The first kappa shape index (κ1) is 12.1. The molecule has 0 aliphatic rings. The summed E-state index contributed by atoms with van der Waals surface area (Å²) in [5.74, 6) is 0. The fourth-order valence-electron chi connectivity index (χ4n) is 0.401. The highest BCUT2D eigenvalue weighted by Gasteiger charge is 2.03. The predicted molar refractivity (Wildman–Crippen MR) is 55.4 cm³/mol. The molecule has 13 heavy (non-hydrogen) atoms. The van der Waals surface area contributed by atoms with Crippen LogP contribution in [0.15, 0.2) is 12.4 Å². The number of hydrogen-bond donors (Lipinski definition) is 0. The molecule has 0 saturated heterocycles. The summed E-state index contributed by atoms with van der Waals surface area (Å²) in [7, 11) is 0. The number of nitrogens with zero attached hydrogens (tertiary/aromatic N) is 3. The molecule has 0 spiro atoms. The number of aromatic nitrogens is 3. The van der Waals surface area contributed by atoms with Gasteiger partial charge in [0, 0.05) is 12.7 Å². The third-order valence-corrected chi connectivity index (χ3v) is 1.86. The lowest BCUT2D eigenvalue weighted by Crippen LogP contribution is -2.00. The zero-order valence-corrected chi connectivity index (χ0v) is 9.41. The van der Waals surface area contributed by atoms with E-state index in [4.69, 9.17) is 0 Å². The maximum atomic E-state index is 3.70. The zero-order chi connectivity index (χ0) is 10.3. The molecule has 0 fully saturated rings. The Bertz CT molecular complexity index is 196. The molecule has 1 rings (SSSR count). The van der Waals surface area contributed by atoms with Gasteiger partial charge < -0.3 is 0 Å². The second kappa shape index (κ2) is 5.73.